The number of fused-ring (bicyclic) bond motifs is 1. The lowest BCUT2D eigenvalue weighted by Crippen LogP contribution is -2.37. The molecule has 3 rings (SSSR count). The molecule has 1 aliphatic heterocycles. The van der Waals surface area contributed by atoms with Gasteiger partial charge in [-0.3, -0.25) is 4.79 Å². The number of aromatic carboxylic acids is 1. The number of carboxylic acids is 1. The van der Waals surface area contributed by atoms with Crippen molar-refractivity contribution in [1.82, 2.24) is 4.90 Å². The Labute approximate surface area is 164 Å². The van der Waals surface area contributed by atoms with Gasteiger partial charge in [0.1, 0.15) is 0 Å². The number of carbonyl (C=O) groups excluding carboxylic acids is 1. The minimum atomic E-state index is -0.970. The summed E-state index contributed by atoms with van der Waals surface area (Å²) in [5, 5.41) is 8.97. The number of carbonyl (C=O) groups is 2. The predicted octanol–water partition coefficient (Wildman–Crippen LogP) is 3.31. The molecule has 6 nitrogen and oxygen atoms in total. The molecule has 0 saturated heterocycles. The molecule has 0 aliphatic carbocycles. The summed E-state index contributed by atoms with van der Waals surface area (Å²) in [6, 6.07) is 10.4. The molecule has 0 fully saturated rings. The fourth-order valence-electron chi connectivity index (χ4n) is 3.37. The topological polar surface area (TPSA) is 76.1 Å². The van der Waals surface area contributed by atoms with E-state index in [1.165, 1.54) is 17.7 Å². The van der Waals surface area contributed by atoms with E-state index in [0.717, 1.165) is 23.3 Å². The maximum Gasteiger partial charge on any atom is 0.335 e. The molecule has 2 aromatic carbocycles. The van der Waals surface area contributed by atoms with Crippen LogP contribution in [0.25, 0.3) is 0 Å². The SMILES string of the molecule is CCOc1cc2c(cc1OCC)CN(C(=O)Cc1ccc(C(=O)O)cc1)CC2. The molecule has 0 radical (unpaired) electrons. The van der Waals surface area contributed by atoms with Crippen molar-refractivity contribution in [3.05, 3.63) is 58.7 Å². The molecule has 6 heteroatoms. The van der Waals surface area contributed by atoms with Gasteiger partial charge in [0, 0.05) is 13.1 Å². The summed E-state index contributed by atoms with van der Waals surface area (Å²) < 4.78 is 11.4. The van der Waals surface area contributed by atoms with Crippen LogP contribution in [0, 0.1) is 0 Å². The van der Waals surface area contributed by atoms with Crippen molar-refractivity contribution in [3.63, 3.8) is 0 Å². The van der Waals surface area contributed by atoms with Gasteiger partial charge < -0.3 is 19.5 Å². The van der Waals surface area contributed by atoms with E-state index < -0.39 is 5.97 Å². The molecule has 0 bridgehead atoms. The van der Waals surface area contributed by atoms with E-state index in [-0.39, 0.29) is 17.9 Å². The average Bonchev–Trinajstić information content (AvgIpc) is 2.69. The molecule has 1 N–H and O–H groups in total. The van der Waals surface area contributed by atoms with Crippen LogP contribution in [0.5, 0.6) is 11.5 Å². The smallest absolute Gasteiger partial charge is 0.335 e. The molecule has 1 amide bonds. The van der Waals surface area contributed by atoms with Crippen molar-refractivity contribution >= 4 is 11.9 Å². The number of nitrogens with zero attached hydrogens (tertiary/aromatic N) is 1. The molecule has 148 valence electrons. The highest BCUT2D eigenvalue weighted by atomic mass is 16.5. The van der Waals surface area contributed by atoms with Crippen LogP contribution in [0.4, 0.5) is 0 Å². The molecule has 0 aromatic heterocycles. The Morgan fingerprint density at radius 3 is 2.18 bits per heavy atom. The van der Waals surface area contributed by atoms with Crippen LogP contribution in [0.2, 0.25) is 0 Å². The monoisotopic (exact) mass is 383 g/mol. The summed E-state index contributed by atoms with van der Waals surface area (Å²) in [5.74, 6) is 0.519. The summed E-state index contributed by atoms with van der Waals surface area (Å²) >= 11 is 0. The first-order chi connectivity index (χ1) is 13.5. The average molecular weight is 383 g/mol. The molecule has 2 aromatic rings. The summed E-state index contributed by atoms with van der Waals surface area (Å²) in [6.07, 6.45) is 1.02. The molecular weight excluding hydrogens is 358 g/mol. The second-order valence-corrected chi connectivity index (χ2v) is 6.68. The number of hydrogen-bond donors (Lipinski definition) is 1. The Kier molecular flexibility index (Phi) is 6.19. The summed E-state index contributed by atoms with van der Waals surface area (Å²) in [5.41, 5.74) is 3.29. The number of carboxylic acid groups (broad SMARTS) is 1. The normalized spacial score (nSPS) is 13.0. The van der Waals surface area contributed by atoms with E-state index in [4.69, 9.17) is 14.6 Å². The molecule has 0 unspecified atom stereocenters. The van der Waals surface area contributed by atoms with Gasteiger partial charge in [0.15, 0.2) is 11.5 Å². The summed E-state index contributed by atoms with van der Waals surface area (Å²) in [6.45, 7) is 6.18. The zero-order valence-electron chi connectivity index (χ0n) is 16.2. The number of hydrogen-bond acceptors (Lipinski definition) is 4. The fourth-order valence-corrected chi connectivity index (χ4v) is 3.37. The maximum atomic E-state index is 12.7. The minimum absolute atomic E-state index is 0.0283. The lowest BCUT2D eigenvalue weighted by Gasteiger charge is -2.30. The molecule has 28 heavy (non-hydrogen) atoms. The second kappa shape index (κ2) is 8.78. The van der Waals surface area contributed by atoms with Gasteiger partial charge >= 0.3 is 5.97 Å². The van der Waals surface area contributed by atoms with Gasteiger partial charge in [0.25, 0.3) is 0 Å². The Bertz CT molecular complexity index is 860. The standard InChI is InChI=1S/C22H25NO5/c1-3-27-19-12-17-9-10-23(14-18(17)13-20(19)28-4-2)21(24)11-15-5-7-16(8-6-15)22(25)26/h5-8,12-13H,3-4,9-11,14H2,1-2H3,(H,25,26). The van der Waals surface area contributed by atoms with E-state index in [1.807, 2.05) is 30.9 Å². The van der Waals surface area contributed by atoms with Crippen LogP contribution in [0.3, 0.4) is 0 Å². The highest BCUT2D eigenvalue weighted by Gasteiger charge is 2.23. The van der Waals surface area contributed by atoms with Crippen molar-refractivity contribution in [2.45, 2.75) is 33.2 Å². The van der Waals surface area contributed by atoms with Gasteiger partial charge in [-0.15, -0.1) is 0 Å². The largest absolute Gasteiger partial charge is 0.490 e. The predicted molar refractivity (Wildman–Crippen MR) is 105 cm³/mol. The lowest BCUT2D eigenvalue weighted by atomic mass is 9.98. The molecule has 0 spiro atoms. The van der Waals surface area contributed by atoms with Crippen LogP contribution in [0.1, 0.15) is 40.9 Å². The van der Waals surface area contributed by atoms with E-state index in [1.54, 1.807) is 12.1 Å². The first-order valence-corrected chi connectivity index (χ1v) is 9.53. The Hall–Kier alpha value is -3.02. The van der Waals surface area contributed by atoms with Gasteiger partial charge in [0.05, 0.1) is 25.2 Å². The van der Waals surface area contributed by atoms with Crippen molar-refractivity contribution in [1.29, 1.82) is 0 Å². The number of ether oxygens (including phenoxy) is 2. The van der Waals surface area contributed by atoms with Gasteiger partial charge in [-0.25, -0.2) is 4.79 Å². The molecule has 1 heterocycles. The van der Waals surface area contributed by atoms with Crippen molar-refractivity contribution in [3.8, 4) is 11.5 Å². The van der Waals surface area contributed by atoms with E-state index >= 15 is 0 Å². The highest BCUT2D eigenvalue weighted by molar-refractivity contribution is 5.87. The van der Waals surface area contributed by atoms with Gasteiger partial charge in [-0.1, -0.05) is 12.1 Å². The van der Waals surface area contributed by atoms with Crippen LogP contribution >= 0.6 is 0 Å². The maximum absolute atomic E-state index is 12.7. The Balaban J connectivity index is 1.72. The number of benzene rings is 2. The second-order valence-electron chi connectivity index (χ2n) is 6.68. The molecule has 0 saturated carbocycles. The summed E-state index contributed by atoms with van der Waals surface area (Å²) in [4.78, 5) is 25.5. The zero-order valence-corrected chi connectivity index (χ0v) is 16.2. The van der Waals surface area contributed by atoms with Crippen molar-refractivity contribution in [2.75, 3.05) is 19.8 Å². The third-order valence-electron chi connectivity index (χ3n) is 4.79. The third kappa shape index (κ3) is 4.44. The molecule has 1 aliphatic rings. The Morgan fingerprint density at radius 1 is 1.00 bits per heavy atom. The van der Waals surface area contributed by atoms with Gasteiger partial charge in [0.2, 0.25) is 5.91 Å². The van der Waals surface area contributed by atoms with E-state index in [2.05, 4.69) is 0 Å². The van der Waals surface area contributed by atoms with E-state index in [0.29, 0.717) is 32.1 Å². The minimum Gasteiger partial charge on any atom is -0.490 e. The van der Waals surface area contributed by atoms with Gasteiger partial charge in [-0.2, -0.15) is 0 Å². The van der Waals surface area contributed by atoms with Crippen LogP contribution < -0.4 is 9.47 Å². The molecule has 0 atom stereocenters. The molecular formula is C22H25NO5. The van der Waals surface area contributed by atoms with Gasteiger partial charge in [-0.05, 0) is 61.2 Å². The quantitative estimate of drug-likeness (QED) is 0.794. The third-order valence-corrected chi connectivity index (χ3v) is 4.79. The fraction of sp³-hybridized carbons (Fsp3) is 0.364. The zero-order chi connectivity index (χ0) is 20.1. The van der Waals surface area contributed by atoms with E-state index in [9.17, 15) is 9.59 Å². The van der Waals surface area contributed by atoms with Crippen molar-refractivity contribution < 1.29 is 24.2 Å². The first-order valence-electron chi connectivity index (χ1n) is 9.53. The Morgan fingerprint density at radius 2 is 1.61 bits per heavy atom. The van der Waals surface area contributed by atoms with Crippen LogP contribution in [-0.2, 0) is 24.2 Å². The van der Waals surface area contributed by atoms with Crippen molar-refractivity contribution in [2.24, 2.45) is 0 Å². The summed E-state index contributed by atoms with van der Waals surface area (Å²) in [7, 11) is 0. The first kappa shape index (κ1) is 19.7. The van der Waals surface area contributed by atoms with Crippen LogP contribution in [-0.4, -0.2) is 41.6 Å². The highest BCUT2D eigenvalue weighted by Crippen LogP contribution is 2.34. The van der Waals surface area contributed by atoms with Crippen LogP contribution in [0.15, 0.2) is 36.4 Å². The number of amides is 1. The number of rotatable bonds is 7. The lowest BCUT2D eigenvalue weighted by molar-refractivity contribution is -0.131.